The van der Waals surface area contributed by atoms with Gasteiger partial charge in [0, 0.05) is 25.7 Å². The normalized spacial score (nSPS) is 9.62. The monoisotopic (exact) mass is 220 g/mol. The Labute approximate surface area is 95.3 Å². The third-order valence-corrected chi connectivity index (χ3v) is 2.20. The maximum absolute atomic E-state index is 11.6. The van der Waals surface area contributed by atoms with Gasteiger partial charge in [-0.1, -0.05) is 18.2 Å². The number of ketones is 1. The number of nitrogens with zero attached hydrogens (tertiary/aromatic N) is 1. The molecule has 0 unspecified atom stereocenters. The van der Waals surface area contributed by atoms with Gasteiger partial charge in [0.25, 0.3) is 0 Å². The number of carbonyl (C=O) groups is 2. The zero-order valence-electron chi connectivity index (χ0n) is 9.56. The van der Waals surface area contributed by atoms with Crippen molar-refractivity contribution in [3.05, 3.63) is 30.3 Å². The van der Waals surface area contributed by atoms with Crippen LogP contribution in [0.25, 0.3) is 0 Å². The maximum Gasteiger partial charge on any atom is 0.321 e. The Kier molecular flexibility index (Phi) is 4.51. The molecule has 0 aromatic heterocycles. The molecule has 1 rings (SSSR count). The van der Waals surface area contributed by atoms with Crippen LogP contribution in [0.2, 0.25) is 0 Å². The van der Waals surface area contributed by atoms with Crippen molar-refractivity contribution in [3.8, 4) is 0 Å². The minimum Gasteiger partial charge on any atom is -0.337 e. The van der Waals surface area contributed by atoms with Crippen molar-refractivity contribution < 1.29 is 9.59 Å². The lowest BCUT2D eigenvalue weighted by atomic mass is 10.3. The van der Waals surface area contributed by atoms with E-state index >= 15 is 0 Å². The van der Waals surface area contributed by atoms with Crippen molar-refractivity contribution >= 4 is 17.5 Å². The van der Waals surface area contributed by atoms with E-state index in [-0.39, 0.29) is 11.8 Å². The standard InChI is InChI=1S/C12H16N2O2/c1-10(15)8-9-13-12(16)14(2)11-6-4-3-5-7-11/h3-7H,8-9H2,1-2H3,(H,13,16). The molecular weight excluding hydrogens is 204 g/mol. The Hall–Kier alpha value is -1.84. The zero-order chi connectivity index (χ0) is 12.0. The van der Waals surface area contributed by atoms with E-state index in [1.54, 1.807) is 7.05 Å². The predicted molar refractivity (Wildman–Crippen MR) is 63.5 cm³/mol. The van der Waals surface area contributed by atoms with E-state index in [2.05, 4.69) is 5.32 Å². The molecule has 0 aliphatic heterocycles. The first kappa shape index (κ1) is 12.2. The summed E-state index contributed by atoms with van der Waals surface area (Å²) < 4.78 is 0. The molecular formula is C12H16N2O2. The van der Waals surface area contributed by atoms with Crippen LogP contribution in [-0.2, 0) is 4.79 Å². The van der Waals surface area contributed by atoms with Crippen LogP contribution in [-0.4, -0.2) is 25.4 Å². The van der Waals surface area contributed by atoms with Gasteiger partial charge in [0.05, 0.1) is 0 Å². The average molecular weight is 220 g/mol. The lowest BCUT2D eigenvalue weighted by Crippen LogP contribution is -2.38. The summed E-state index contributed by atoms with van der Waals surface area (Å²) in [7, 11) is 1.69. The number of amides is 2. The van der Waals surface area contributed by atoms with Crippen LogP contribution in [0, 0.1) is 0 Å². The van der Waals surface area contributed by atoms with Gasteiger partial charge in [-0.2, -0.15) is 0 Å². The second-order valence-electron chi connectivity index (χ2n) is 3.58. The molecule has 0 atom stereocenters. The van der Waals surface area contributed by atoms with E-state index in [9.17, 15) is 9.59 Å². The van der Waals surface area contributed by atoms with Crippen molar-refractivity contribution in [2.75, 3.05) is 18.5 Å². The summed E-state index contributed by atoms with van der Waals surface area (Å²) >= 11 is 0. The lowest BCUT2D eigenvalue weighted by Gasteiger charge is -2.17. The first-order valence-electron chi connectivity index (χ1n) is 5.17. The molecule has 0 saturated carbocycles. The first-order chi connectivity index (χ1) is 7.61. The van der Waals surface area contributed by atoms with Gasteiger partial charge in [-0.3, -0.25) is 9.69 Å². The molecule has 0 saturated heterocycles. The average Bonchev–Trinajstić information content (AvgIpc) is 2.28. The molecule has 0 fully saturated rings. The molecule has 16 heavy (non-hydrogen) atoms. The second-order valence-corrected chi connectivity index (χ2v) is 3.58. The number of hydrogen-bond acceptors (Lipinski definition) is 2. The van der Waals surface area contributed by atoms with Crippen LogP contribution in [0.5, 0.6) is 0 Å². The first-order valence-corrected chi connectivity index (χ1v) is 5.17. The molecule has 4 nitrogen and oxygen atoms in total. The fraction of sp³-hybridized carbons (Fsp3) is 0.333. The zero-order valence-corrected chi connectivity index (χ0v) is 9.56. The minimum absolute atomic E-state index is 0.0719. The number of urea groups is 1. The Balaban J connectivity index is 2.45. The van der Waals surface area contributed by atoms with Crippen LogP contribution in [0.3, 0.4) is 0 Å². The molecule has 0 aliphatic carbocycles. The molecule has 4 heteroatoms. The van der Waals surface area contributed by atoms with Gasteiger partial charge in [0.15, 0.2) is 0 Å². The SMILES string of the molecule is CC(=O)CCNC(=O)N(C)c1ccccc1. The number of carbonyl (C=O) groups excluding carboxylic acids is 2. The summed E-state index contributed by atoms with van der Waals surface area (Å²) in [4.78, 5) is 23.8. The Morgan fingerprint density at radius 1 is 1.25 bits per heavy atom. The van der Waals surface area contributed by atoms with E-state index in [1.807, 2.05) is 30.3 Å². The predicted octanol–water partition coefficient (Wildman–Crippen LogP) is 1.81. The third kappa shape index (κ3) is 3.73. The van der Waals surface area contributed by atoms with Crippen LogP contribution in [0.15, 0.2) is 30.3 Å². The van der Waals surface area contributed by atoms with E-state index in [0.29, 0.717) is 13.0 Å². The molecule has 2 amide bonds. The highest BCUT2D eigenvalue weighted by Crippen LogP contribution is 2.10. The Morgan fingerprint density at radius 2 is 1.88 bits per heavy atom. The summed E-state index contributed by atoms with van der Waals surface area (Å²) in [6.45, 7) is 1.89. The molecule has 0 radical (unpaired) electrons. The van der Waals surface area contributed by atoms with Crippen molar-refractivity contribution in [3.63, 3.8) is 0 Å². The van der Waals surface area contributed by atoms with Gasteiger partial charge in [0.2, 0.25) is 0 Å². The third-order valence-electron chi connectivity index (χ3n) is 2.20. The smallest absolute Gasteiger partial charge is 0.321 e. The number of Topliss-reactive ketones (excluding diaryl/α,β-unsaturated/α-hetero) is 1. The molecule has 1 aromatic rings. The fourth-order valence-electron chi connectivity index (χ4n) is 1.23. The fourth-order valence-corrected chi connectivity index (χ4v) is 1.23. The molecule has 0 aliphatic rings. The summed E-state index contributed by atoms with van der Waals surface area (Å²) in [6.07, 6.45) is 0.369. The lowest BCUT2D eigenvalue weighted by molar-refractivity contribution is -0.116. The topological polar surface area (TPSA) is 49.4 Å². The summed E-state index contributed by atoms with van der Waals surface area (Å²) in [6, 6.07) is 9.14. The highest BCUT2D eigenvalue weighted by Gasteiger charge is 2.09. The minimum atomic E-state index is -0.201. The largest absolute Gasteiger partial charge is 0.337 e. The van der Waals surface area contributed by atoms with Gasteiger partial charge < -0.3 is 5.32 Å². The van der Waals surface area contributed by atoms with E-state index < -0.39 is 0 Å². The van der Waals surface area contributed by atoms with Gasteiger partial charge in [-0.15, -0.1) is 0 Å². The number of benzene rings is 1. The quantitative estimate of drug-likeness (QED) is 0.841. The highest BCUT2D eigenvalue weighted by atomic mass is 16.2. The number of anilines is 1. The van der Waals surface area contributed by atoms with Gasteiger partial charge in [-0.05, 0) is 19.1 Å². The summed E-state index contributed by atoms with van der Waals surface area (Å²) in [5, 5.41) is 2.68. The highest BCUT2D eigenvalue weighted by molar-refractivity contribution is 5.91. The van der Waals surface area contributed by atoms with Crippen LogP contribution in [0.1, 0.15) is 13.3 Å². The second kappa shape index (κ2) is 5.90. The van der Waals surface area contributed by atoms with Gasteiger partial charge >= 0.3 is 6.03 Å². The van der Waals surface area contributed by atoms with Crippen LogP contribution in [0.4, 0.5) is 10.5 Å². The van der Waals surface area contributed by atoms with E-state index in [0.717, 1.165) is 5.69 Å². The number of hydrogen-bond donors (Lipinski definition) is 1. The van der Waals surface area contributed by atoms with Crippen molar-refractivity contribution in [1.29, 1.82) is 0 Å². The van der Waals surface area contributed by atoms with Crippen LogP contribution < -0.4 is 10.2 Å². The number of rotatable bonds is 4. The van der Waals surface area contributed by atoms with Crippen LogP contribution >= 0.6 is 0 Å². The molecule has 1 N–H and O–H groups in total. The van der Waals surface area contributed by atoms with Crippen molar-refractivity contribution in [2.24, 2.45) is 0 Å². The number of para-hydroxylation sites is 1. The Bertz CT molecular complexity index is 363. The summed E-state index contributed by atoms with van der Waals surface area (Å²) in [5.41, 5.74) is 0.822. The summed E-state index contributed by atoms with van der Waals surface area (Å²) in [5.74, 6) is 0.0719. The maximum atomic E-state index is 11.6. The number of nitrogens with one attached hydrogen (secondary N) is 1. The molecule has 0 spiro atoms. The van der Waals surface area contributed by atoms with Gasteiger partial charge in [0.1, 0.15) is 5.78 Å². The molecule has 0 bridgehead atoms. The van der Waals surface area contributed by atoms with Gasteiger partial charge in [-0.25, -0.2) is 4.79 Å². The van der Waals surface area contributed by atoms with Crippen molar-refractivity contribution in [2.45, 2.75) is 13.3 Å². The molecule has 1 aromatic carbocycles. The molecule has 0 heterocycles. The van der Waals surface area contributed by atoms with E-state index in [1.165, 1.54) is 11.8 Å². The van der Waals surface area contributed by atoms with E-state index in [4.69, 9.17) is 0 Å². The Morgan fingerprint density at radius 3 is 2.44 bits per heavy atom. The van der Waals surface area contributed by atoms with Crippen molar-refractivity contribution in [1.82, 2.24) is 5.32 Å². The molecule has 86 valence electrons.